The van der Waals surface area contributed by atoms with Crippen molar-refractivity contribution in [3.8, 4) is 0 Å². The lowest BCUT2D eigenvalue weighted by Gasteiger charge is -2.37. The Kier molecular flexibility index (Phi) is 3.81. The fourth-order valence-corrected chi connectivity index (χ4v) is 3.93. The molecule has 0 bridgehead atoms. The van der Waals surface area contributed by atoms with Crippen molar-refractivity contribution >= 4 is 23.2 Å². The minimum atomic E-state index is -0.584. The molecule has 2 atom stereocenters. The second-order valence-electron chi connectivity index (χ2n) is 6.33. The lowest BCUT2D eigenvalue weighted by molar-refractivity contribution is -0.0195. The Hall–Kier alpha value is -0.240. The third kappa shape index (κ3) is 3.26. The van der Waals surface area contributed by atoms with Gasteiger partial charge in [0.25, 0.3) is 0 Å². The molecule has 2 aliphatic rings. The molecule has 0 aromatic heterocycles. The van der Waals surface area contributed by atoms with Gasteiger partial charge in [-0.1, -0.05) is 29.6 Å². The van der Waals surface area contributed by atoms with Crippen molar-refractivity contribution < 1.29 is 5.11 Å². The first kappa shape index (κ1) is 13.7. The first-order chi connectivity index (χ1) is 9.06. The summed E-state index contributed by atoms with van der Waals surface area (Å²) in [6.45, 7) is 0. The molecule has 3 rings (SSSR count). The van der Waals surface area contributed by atoms with Crippen LogP contribution < -0.4 is 0 Å². The van der Waals surface area contributed by atoms with E-state index >= 15 is 0 Å². The maximum atomic E-state index is 10.9. The molecule has 2 fully saturated rings. The summed E-state index contributed by atoms with van der Waals surface area (Å²) in [5.41, 5.74) is 0.396. The fourth-order valence-electron chi connectivity index (χ4n) is 3.55. The zero-order valence-corrected chi connectivity index (χ0v) is 12.6. The van der Waals surface area contributed by atoms with Gasteiger partial charge in [-0.2, -0.15) is 0 Å². The van der Waals surface area contributed by atoms with Crippen LogP contribution in [0.1, 0.15) is 44.1 Å². The molecule has 2 aliphatic carbocycles. The highest BCUT2D eigenvalue weighted by molar-refractivity contribution is 6.33. The second kappa shape index (κ2) is 5.27. The van der Waals surface area contributed by atoms with Gasteiger partial charge in [0.2, 0.25) is 0 Å². The zero-order valence-electron chi connectivity index (χ0n) is 11.0. The van der Waals surface area contributed by atoms with E-state index in [4.69, 9.17) is 23.2 Å². The Balaban J connectivity index is 1.74. The van der Waals surface area contributed by atoms with Crippen LogP contribution in [0, 0.1) is 11.8 Å². The molecular weight excluding hydrogens is 279 g/mol. The summed E-state index contributed by atoms with van der Waals surface area (Å²) in [6, 6.07) is 5.51. The molecule has 104 valence electrons. The molecular formula is C16H20Cl2O. The maximum Gasteiger partial charge on any atom is 0.0691 e. The van der Waals surface area contributed by atoms with Crippen molar-refractivity contribution in [1.82, 2.24) is 0 Å². The van der Waals surface area contributed by atoms with E-state index < -0.39 is 5.60 Å². The normalized spacial score (nSPS) is 31.4. The van der Waals surface area contributed by atoms with Gasteiger partial charge in [0.1, 0.15) is 0 Å². The SMILES string of the molecule is OC1(Cc2cc(Cl)ccc2Cl)CCCC(C2CC2)C1. The van der Waals surface area contributed by atoms with Gasteiger partial charge in [-0.3, -0.25) is 0 Å². The Morgan fingerprint density at radius 1 is 1.16 bits per heavy atom. The second-order valence-corrected chi connectivity index (χ2v) is 7.17. The Labute approximate surface area is 124 Å². The third-order valence-electron chi connectivity index (χ3n) is 4.68. The van der Waals surface area contributed by atoms with E-state index in [9.17, 15) is 5.11 Å². The van der Waals surface area contributed by atoms with Gasteiger partial charge in [0, 0.05) is 16.5 Å². The first-order valence-corrected chi connectivity index (χ1v) is 7.98. The molecule has 0 spiro atoms. The van der Waals surface area contributed by atoms with E-state index in [1.54, 1.807) is 6.07 Å². The average molecular weight is 299 g/mol. The summed E-state index contributed by atoms with van der Waals surface area (Å²) in [5, 5.41) is 12.3. The highest BCUT2D eigenvalue weighted by Gasteiger charge is 2.41. The largest absolute Gasteiger partial charge is 0.390 e. The van der Waals surface area contributed by atoms with Crippen molar-refractivity contribution in [3.05, 3.63) is 33.8 Å². The number of hydrogen-bond acceptors (Lipinski definition) is 1. The average Bonchev–Trinajstić information content (AvgIpc) is 3.18. The standard InChI is InChI=1S/C16H20Cl2O/c17-14-5-6-15(18)13(8-14)10-16(19)7-1-2-12(9-16)11-3-4-11/h5-6,8,11-12,19H,1-4,7,9-10H2. The van der Waals surface area contributed by atoms with Gasteiger partial charge in [0.15, 0.2) is 0 Å². The Morgan fingerprint density at radius 2 is 1.95 bits per heavy atom. The number of halogens is 2. The minimum absolute atomic E-state index is 0.584. The van der Waals surface area contributed by atoms with E-state index in [-0.39, 0.29) is 0 Å². The lowest BCUT2D eigenvalue weighted by atomic mass is 9.73. The van der Waals surface area contributed by atoms with E-state index in [1.807, 2.05) is 12.1 Å². The number of aliphatic hydroxyl groups is 1. The highest BCUT2D eigenvalue weighted by atomic mass is 35.5. The summed E-state index contributed by atoms with van der Waals surface area (Å²) < 4.78 is 0. The number of benzene rings is 1. The predicted octanol–water partition coefficient (Wildman–Crippen LogP) is 4.87. The summed E-state index contributed by atoms with van der Waals surface area (Å²) in [5.74, 6) is 1.60. The Bertz CT molecular complexity index is 470. The quantitative estimate of drug-likeness (QED) is 0.844. The molecule has 1 aromatic carbocycles. The minimum Gasteiger partial charge on any atom is -0.390 e. The molecule has 1 nitrogen and oxygen atoms in total. The van der Waals surface area contributed by atoms with Crippen molar-refractivity contribution in [2.75, 3.05) is 0 Å². The van der Waals surface area contributed by atoms with Crippen LogP contribution in [-0.4, -0.2) is 10.7 Å². The predicted molar refractivity (Wildman–Crippen MR) is 79.8 cm³/mol. The van der Waals surface area contributed by atoms with Crippen molar-refractivity contribution in [2.24, 2.45) is 11.8 Å². The van der Waals surface area contributed by atoms with Crippen molar-refractivity contribution in [1.29, 1.82) is 0 Å². The van der Waals surface area contributed by atoms with Crippen LogP contribution in [0.4, 0.5) is 0 Å². The van der Waals surface area contributed by atoms with Crippen LogP contribution in [0.2, 0.25) is 10.0 Å². The van der Waals surface area contributed by atoms with E-state index in [1.165, 1.54) is 19.3 Å². The van der Waals surface area contributed by atoms with Gasteiger partial charge in [-0.05, 0) is 67.7 Å². The fraction of sp³-hybridized carbons (Fsp3) is 0.625. The zero-order chi connectivity index (χ0) is 13.5. The maximum absolute atomic E-state index is 10.9. The van der Waals surface area contributed by atoms with Gasteiger partial charge >= 0.3 is 0 Å². The third-order valence-corrected chi connectivity index (χ3v) is 5.28. The smallest absolute Gasteiger partial charge is 0.0691 e. The molecule has 2 unspecified atom stereocenters. The van der Waals surface area contributed by atoms with E-state index in [0.717, 1.165) is 36.7 Å². The van der Waals surface area contributed by atoms with Crippen LogP contribution >= 0.6 is 23.2 Å². The molecule has 0 aliphatic heterocycles. The highest BCUT2D eigenvalue weighted by Crippen LogP contribution is 2.47. The van der Waals surface area contributed by atoms with Crippen LogP contribution in [0.5, 0.6) is 0 Å². The van der Waals surface area contributed by atoms with E-state index in [0.29, 0.717) is 16.5 Å². The summed E-state index contributed by atoms with van der Waals surface area (Å²) >= 11 is 12.2. The molecule has 1 aromatic rings. The van der Waals surface area contributed by atoms with Crippen LogP contribution in [0.3, 0.4) is 0 Å². The molecule has 2 saturated carbocycles. The number of hydrogen-bond donors (Lipinski definition) is 1. The molecule has 0 radical (unpaired) electrons. The molecule has 0 heterocycles. The molecule has 19 heavy (non-hydrogen) atoms. The molecule has 1 N–H and O–H groups in total. The molecule has 0 saturated heterocycles. The van der Waals surface area contributed by atoms with Crippen LogP contribution in [0.15, 0.2) is 18.2 Å². The summed E-state index contributed by atoms with van der Waals surface area (Å²) in [6.07, 6.45) is 7.60. The van der Waals surface area contributed by atoms with Gasteiger partial charge < -0.3 is 5.11 Å². The van der Waals surface area contributed by atoms with E-state index in [2.05, 4.69) is 0 Å². The summed E-state index contributed by atoms with van der Waals surface area (Å²) in [4.78, 5) is 0. The van der Waals surface area contributed by atoms with Gasteiger partial charge in [-0.15, -0.1) is 0 Å². The van der Waals surface area contributed by atoms with Crippen molar-refractivity contribution in [3.63, 3.8) is 0 Å². The van der Waals surface area contributed by atoms with Crippen molar-refractivity contribution in [2.45, 2.75) is 50.5 Å². The van der Waals surface area contributed by atoms with Gasteiger partial charge in [0.05, 0.1) is 5.60 Å². The van der Waals surface area contributed by atoms with Gasteiger partial charge in [-0.25, -0.2) is 0 Å². The van der Waals surface area contributed by atoms with Crippen LogP contribution in [0.25, 0.3) is 0 Å². The Morgan fingerprint density at radius 3 is 2.68 bits per heavy atom. The topological polar surface area (TPSA) is 20.2 Å². The van der Waals surface area contributed by atoms with Crippen LogP contribution in [-0.2, 0) is 6.42 Å². The lowest BCUT2D eigenvalue weighted by Crippen LogP contribution is -2.38. The first-order valence-electron chi connectivity index (χ1n) is 7.22. The molecule has 0 amide bonds. The summed E-state index contributed by atoms with van der Waals surface area (Å²) in [7, 11) is 0. The number of rotatable bonds is 3. The molecule has 3 heteroatoms. The monoisotopic (exact) mass is 298 g/mol.